The van der Waals surface area contributed by atoms with E-state index < -0.39 is 12.0 Å². The van der Waals surface area contributed by atoms with E-state index >= 15 is 0 Å². The number of nitrogens with zero attached hydrogens (tertiary/aromatic N) is 1. The second-order valence-electron chi connectivity index (χ2n) is 5.66. The lowest BCUT2D eigenvalue weighted by molar-refractivity contribution is -0.139. The van der Waals surface area contributed by atoms with Gasteiger partial charge in [0.25, 0.3) is 0 Å². The van der Waals surface area contributed by atoms with E-state index in [-0.39, 0.29) is 6.04 Å². The van der Waals surface area contributed by atoms with Crippen LogP contribution >= 0.6 is 0 Å². The van der Waals surface area contributed by atoms with Crippen LogP contribution in [-0.4, -0.2) is 42.9 Å². The van der Waals surface area contributed by atoms with Crippen molar-refractivity contribution in [1.29, 1.82) is 0 Å². The van der Waals surface area contributed by atoms with Crippen LogP contribution in [0.1, 0.15) is 26.7 Å². The summed E-state index contributed by atoms with van der Waals surface area (Å²) in [4.78, 5) is 13.5. The topological polar surface area (TPSA) is 61.8 Å². The summed E-state index contributed by atoms with van der Waals surface area (Å²) < 4.78 is 5.72. The molecule has 0 saturated heterocycles. The average molecular weight is 292 g/mol. The molecule has 1 aliphatic rings. The molecule has 1 unspecified atom stereocenters. The van der Waals surface area contributed by atoms with Gasteiger partial charge in [-0.2, -0.15) is 0 Å². The number of anilines is 1. The standard InChI is InChI=1S/C16H24N2O3/c1-12(2)17-13(16(19)20)8-10-18-9-5-11-21-15-7-4-3-6-14(15)18/h3-4,6-7,12-13,17H,5,8-11H2,1-2H3,(H,19,20). The minimum absolute atomic E-state index is 0.158. The molecule has 0 fully saturated rings. The Morgan fingerprint density at radius 3 is 2.90 bits per heavy atom. The third-order valence-corrected chi connectivity index (χ3v) is 3.56. The first-order valence-corrected chi connectivity index (χ1v) is 7.53. The molecule has 0 bridgehead atoms. The van der Waals surface area contributed by atoms with Crippen LogP contribution in [0, 0.1) is 0 Å². The maximum Gasteiger partial charge on any atom is 0.320 e. The lowest BCUT2D eigenvalue weighted by Crippen LogP contribution is -2.43. The van der Waals surface area contributed by atoms with Crippen LogP contribution in [-0.2, 0) is 4.79 Å². The zero-order chi connectivity index (χ0) is 15.2. The van der Waals surface area contributed by atoms with Gasteiger partial charge in [-0.25, -0.2) is 0 Å². The van der Waals surface area contributed by atoms with Crippen LogP contribution in [0.2, 0.25) is 0 Å². The highest BCUT2D eigenvalue weighted by atomic mass is 16.5. The molecule has 5 heteroatoms. The predicted molar refractivity (Wildman–Crippen MR) is 83.1 cm³/mol. The second-order valence-corrected chi connectivity index (χ2v) is 5.66. The first-order chi connectivity index (χ1) is 10.1. The molecule has 0 amide bonds. The van der Waals surface area contributed by atoms with Crippen molar-refractivity contribution >= 4 is 11.7 Å². The Balaban J connectivity index is 2.03. The lowest BCUT2D eigenvalue weighted by atomic mass is 10.1. The number of carboxylic acids is 1. The Kier molecular flexibility index (Phi) is 5.44. The summed E-state index contributed by atoms with van der Waals surface area (Å²) in [6, 6.07) is 7.60. The van der Waals surface area contributed by atoms with E-state index in [1.165, 1.54) is 0 Å². The Bertz CT molecular complexity index is 476. The third kappa shape index (κ3) is 4.36. The summed E-state index contributed by atoms with van der Waals surface area (Å²) in [5.74, 6) is 0.0988. The van der Waals surface area contributed by atoms with Crippen LogP contribution in [0.15, 0.2) is 24.3 Å². The number of carboxylic acid groups (broad SMARTS) is 1. The normalized spacial score (nSPS) is 16.0. The molecular weight excluding hydrogens is 268 g/mol. The highest BCUT2D eigenvalue weighted by Gasteiger charge is 2.21. The smallest absolute Gasteiger partial charge is 0.320 e. The van der Waals surface area contributed by atoms with Gasteiger partial charge in [0, 0.05) is 19.1 Å². The summed E-state index contributed by atoms with van der Waals surface area (Å²) in [5, 5.41) is 12.4. The molecule has 1 atom stereocenters. The van der Waals surface area contributed by atoms with E-state index in [2.05, 4.69) is 10.2 Å². The van der Waals surface area contributed by atoms with Crippen molar-refractivity contribution in [1.82, 2.24) is 5.32 Å². The summed E-state index contributed by atoms with van der Waals surface area (Å²) in [5.41, 5.74) is 1.06. The van der Waals surface area contributed by atoms with Crippen LogP contribution in [0.5, 0.6) is 5.75 Å². The molecule has 2 N–H and O–H groups in total. The number of ether oxygens (including phenoxy) is 1. The fourth-order valence-corrected chi connectivity index (χ4v) is 2.60. The van der Waals surface area contributed by atoms with Crippen LogP contribution in [0.25, 0.3) is 0 Å². The molecule has 0 aromatic heterocycles. The highest BCUT2D eigenvalue weighted by Crippen LogP contribution is 2.30. The van der Waals surface area contributed by atoms with Gasteiger partial charge in [0.2, 0.25) is 0 Å². The monoisotopic (exact) mass is 292 g/mol. The Morgan fingerprint density at radius 2 is 2.19 bits per heavy atom. The average Bonchev–Trinajstić information content (AvgIpc) is 2.65. The van der Waals surface area contributed by atoms with Gasteiger partial charge in [-0.1, -0.05) is 26.0 Å². The van der Waals surface area contributed by atoms with E-state index in [1.54, 1.807) is 0 Å². The zero-order valence-corrected chi connectivity index (χ0v) is 12.7. The number of carbonyl (C=O) groups is 1. The fourth-order valence-electron chi connectivity index (χ4n) is 2.60. The van der Waals surface area contributed by atoms with E-state index in [4.69, 9.17) is 4.74 Å². The van der Waals surface area contributed by atoms with Gasteiger partial charge in [0.15, 0.2) is 0 Å². The van der Waals surface area contributed by atoms with Crippen molar-refractivity contribution in [3.05, 3.63) is 24.3 Å². The van der Waals surface area contributed by atoms with E-state index in [9.17, 15) is 9.90 Å². The molecule has 21 heavy (non-hydrogen) atoms. The van der Waals surface area contributed by atoms with Crippen molar-refractivity contribution in [3.63, 3.8) is 0 Å². The minimum Gasteiger partial charge on any atom is -0.491 e. The van der Waals surface area contributed by atoms with Crippen molar-refractivity contribution < 1.29 is 14.6 Å². The molecule has 0 spiro atoms. The van der Waals surface area contributed by atoms with Gasteiger partial charge in [0.1, 0.15) is 11.8 Å². The maximum atomic E-state index is 11.3. The van der Waals surface area contributed by atoms with Crippen molar-refractivity contribution in [2.45, 2.75) is 38.8 Å². The molecule has 0 radical (unpaired) electrons. The number of nitrogens with one attached hydrogen (secondary N) is 1. The molecular formula is C16H24N2O3. The van der Waals surface area contributed by atoms with Crippen molar-refractivity contribution in [3.8, 4) is 5.75 Å². The largest absolute Gasteiger partial charge is 0.491 e. The number of benzene rings is 1. The first kappa shape index (κ1) is 15.6. The molecule has 1 aromatic carbocycles. The number of hydrogen-bond donors (Lipinski definition) is 2. The lowest BCUT2D eigenvalue weighted by Gasteiger charge is -2.26. The molecule has 5 nitrogen and oxygen atoms in total. The molecule has 1 aliphatic heterocycles. The highest BCUT2D eigenvalue weighted by molar-refractivity contribution is 5.73. The Morgan fingerprint density at radius 1 is 1.43 bits per heavy atom. The number of para-hydroxylation sites is 2. The maximum absolute atomic E-state index is 11.3. The van der Waals surface area contributed by atoms with Gasteiger partial charge in [-0.3, -0.25) is 4.79 Å². The number of hydrogen-bond acceptors (Lipinski definition) is 4. The Hall–Kier alpha value is -1.75. The SMILES string of the molecule is CC(C)NC(CCN1CCCOc2ccccc21)C(=O)O. The molecule has 1 aromatic rings. The number of fused-ring (bicyclic) bond motifs is 1. The van der Waals surface area contributed by atoms with Gasteiger partial charge in [0.05, 0.1) is 12.3 Å². The number of rotatable bonds is 6. The van der Waals surface area contributed by atoms with Crippen LogP contribution in [0.4, 0.5) is 5.69 Å². The molecule has 0 aliphatic carbocycles. The molecule has 2 rings (SSSR count). The summed E-state index contributed by atoms with van der Waals surface area (Å²) in [6.45, 7) is 6.23. The molecule has 0 saturated carbocycles. The Labute approximate surface area is 125 Å². The summed E-state index contributed by atoms with van der Waals surface area (Å²) in [7, 11) is 0. The van der Waals surface area contributed by atoms with Crippen molar-refractivity contribution in [2.75, 3.05) is 24.6 Å². The predicted octanol–water partition coefficient (Wildman–Crippen LogP) is 2.12. The molecule has 116 valence electrons. The van der Waals surface area contributed by atoms with Crippen LogP contribution < -0.4 is 15.0 Å². The third-order valence-electron chi connectivity index (χ3n) is 3.56. The van der Waals surface area contributed by atoms with Crippen molar-refractivity contribution in [2.24, 2.45) is 0 Å². The van der Waals surface area contributed by atoms with Gasteiger partial charge in [-0.05, 0) is 25.0 Å². The van der Waals surface area contributed by atoms with Gasteiger partial charge < -0.3 is 20.1 Å². The quantitative estimate of drug-likeness (QED) is 0.841. The second kappa shape index (κ2) is 7.31. The summed E-state index contributed by atoms with van der Waals surface area (Å²) in [6.07, 6.45) is 1.52. The van der Waals surface area contributed by atoms with E-state index in [1.807, 2.05) is 38.1 Å². The summed E-state index contributed by atoms with van der Waals surface area (Å²) >= 11 is 0. The zero-order valence-electron chi connectivity index (χ0n) is 12.7. The van der Waals surface area contributed by atoms with E-state index in [0.717, 1.165) is 24.4 Å². The van der Waals surface area contributed by atoms with Gasteiger partial charge >= 0.3 is 5.97 Å². The van der Waals surface area contributed by atoms with Gasteiger partial charge in [-0.15, -0.1) is 0 Å². The van der Waals surface area contributed by atoms with E-state index in [0.29, 0.717) is 19.6 Å². The first-order valence-electron chi connectivity index (χ1n) is 7.53. The number of aliphatic carboxylic acids is 1. The fraction of sp³-hybridized carbons (Fsp3) is 0.562. The molecule has 1 heterocycles. The van der Waals surface area contributed by atoms with Crippen LogP contribution in [0.3, 0.4) is 0 Å². The minimum atomic E-state index is -0.789.